The second-order valence-electron chi connectivity index (χ2n) is 3.39. The van der Waals surface area contributed by atoms with Gasteiger partial charge >= 0.3 is 0 Å². The third-order valence-corrected chi connectivity index (χ3v) is 3.23. The molecular weight excluding hydrogens is 209 g/mol. The predicted molar refractivity (Wildman–Crippen MR) is 62.8 cm³/mol. The Kier molecular flexibility index (Phi) is 3.02. The van der Waals surface area contributed by atoms with E-state index in [9.17, 15) is 4.39 Å². The van der Waals surface area contributed by atoms with Crippen molar-refractivity contribution < 1.29 is 4.39 Å². The molecule has 0 aliphatic carbocycles. The quantitative estimate of drug-likeness (QED) is 0.824. The molecule has 0 bridgehead atoms. The Morgan fingerprint density at radius 2 is 2.13 bits per heavy atom. The summed E-state index contributed by atoms with van der Waals surface area (Å²) in [4.78, 5) is 1.25. The molecular formula is C12H12FNS. The molecule has 1 atom stereocenters. The molecule has 1 heterocycles. The lowest BCUT2D eigenvalue weighted by molar-refractivity contribution is 0.628. The summed E-state index contributed by atoms with van der Waals surface area (Å²) in [5.74, 6) is -0.210. The number of hydrogen-bond donors (Lipinski definition) is 1. The maximum absolute atomic E-state index is 12.9. The fourth-order valence-corrected chi connectivity index (χ4v) is 2.17. The van der Waals surface area contributed by atoms with E-state index in [1.54, 1.807) is 17.4 Å². The van der Waals surface area contributed by atoms with Gasteiger partial charge in [0, 0.05) is 10.6 Å². The summed E-state index contributed by atoms with van der Waals surface area (Å²) in [5.41, 5.74) is 0.816. The maximum atomic E-state index is 12.9. The number of hydrogen-bond acceptors (Lipinski definition) is 2. The number of benzene rings is 1. The van der Waals surface area contributed by atoms with E-state index in [2.05, 4.69) is 18.3 Å². The third-order valence-electron chi connectivity index (χ3n) is 2.18. The minimum absolute atomic E-state index is 0.210. The number of halogens is 1. The van der Waals surface area contributed by atoms with E-state index >= 15 is 0 Å². The fourth-order valence-electron chi connectivity index (χ4n) is 1.44. The molecule has 15 heavy (non-hydrogen) atoms. The Labute approximate surface area is 92.6 Å². The Hall–Kier alpha value is -1.35. The van der Waals surface area contributed by atoms with Crippen LogP contribution in [0.15, 0.2) is 41.8 Å². The van der Waals surface area contributed by atoms with Crippen molar-refractivity contribution in [1.29, 1.82) is 0 Å². The van der Waals surface area contributed by atoms with Crippen LogP contribution in [0.4, 0.5) is 10.1 Å². The van der Waals surface area contributed by atoms with Gasteiger partial charge in [-0.05, 0) is 36.6 Å². The van der Waals surface area contributed by atoms with Gasteiger partial charge in [-0.3, -0.25) is 0 Å². The molecule has 0 amide bonds. The van der Waals surface area contributed by atoms with Crippen LogP contribution in [0, 0.1) is 5.82 Å². The number of anilines is 1. The summed E-state index contributed by atoms with van der Waals surface area (Å²) in [7, 11) is 0. The smallest absolute Gasteiger partial charge is 0.125 e. The standard InChI is InChI=1S/C12H12FNS/c1-9(12-6-3-7-15-12)14-11-5-2-4-10(13)8-11/h2-9,14H,1H3/t9-/m1/s1. The summed E-state index contributed by atoms with van der Waals surface area (Å²) in [6.07, 6.45) is 0. The van der Waals surface area contributed by atoms with Crippen molar-refractivity contribution in [1.82, 2.24) is 0 Å². The number of rotatable bonds is 3. The van der Waals surface area contributed by atoms with Crippen molar-refractivity contribution in [2.45, 2.75) is 13.0 Å². The minimum Gasteiger partial charge on any atom is -0.378 e. The number of thiophene rings is 1. The summed E-state index contributed by atoms with van der Waals surface area (Å²) in [5, 5.41) is 5.30. The highest BCUT2D eigenvalue weighted by atomic mass is 32.1. The van der Waals surface area contributed by atoms with Crippen LogP contribution in [-0.2, 0) is 0 Å². The van der Waals surface area contributed by atoms with Gasteiger partial charge in [0.25, 0.3) is 0 Å². The van der Waals surface area contributed by atoms with Crippen molar-refractivity contribution >= 4 is 17.0 Å². The average molecular weight is 221 g/mol. The van der Waals surface area contributed by atoms with Gasteiger partial charge < -0.3 is 5.32 Å². The van der Waals surface area contributed by atoms with Crippen LogP contribution in [0.3, 0.4) is 0 Å². The van der Waals surface area contributed by atoms with Gasteiger partial charge in [-0.15, -0.1) is 11.3 Å². The Morgan fingerprint density at radius 3 is 2.80 bits per heavy atom. The van der Waals surface area contributed by atoms with E-state index in [-0.39, 0.29) is 11.9 Å². The third kappa shape index (κ3) is 2.57. The largest absolute Gasteiger partial charge is 0.378 e. The molecule has 0 aliphatic rings. The monoisotopic (exact) mass is 221 g/mol. The zero-order valence-corrected chi connectivity index (χ0v) is 9.22. The topological polar surface area (TPSA) is 12.0 Å². The zero-order valence-electron chi connectivity index (χ0n) is 8.41. The van der Waals surface area contributed by atoms with Gasteiger partial charge in [0.15, 0.2) is 0 Å². The molecule has 0 saturated carbocycles. The molecule has 1 aromatic heterocycles. The molecule has 0 aliphatic heterocycles. The highest BCUT2D eigenvalue weighted by Crippen LogP contribution is 2.23. The zero-order chi connectivity index (χ0) is 10.7. The first kappa shape index (κ1) is 10.2. The van der Waals surface area contributed by atoms with Gasteiger partial charge in [-0.2, -0.15) is 0 Å². The van der Waals surface area contributed by atoms with Crippen LogP contribution in [-0.4, -0.2) is 0 Å². The average Bonchev–Trinajstić information content (AvgIpc) is 2.70. The molecule has 0 fully saturated rings. The van der Waals surface area contributed by atoms with Crippen molar-refractivity contribution in [2.75, 3.05) is 5.32 Å². The Balaban J connectivity index is 2.09. The lowest BCUT2D eigenvalue weighted by Crippen LogP contribution is -2.04. The molecule has 2 rings (SSSR count). The first-order chi connectivity index (χ1) is 7.25. The van der Waals surface area contributed by atoms with E-state index < -0.39 is 0 Å². The molecule has 1 N–H and O–H groups in total. The first-order valence-corrected chi connectivity index (χ1v) is 5.69. The predicted octanol–water partition coefficient (Wildman–Crippen LogP) is 4.06. The minimum atomic E-state index is -0.210. The normalized spacial score (nSPS) is 12.4. The molecule has 78 valence electrons. The maximum Gasteiger partial charge on any atom is 0.125 e. The summed E-state index contributed by atoms with van der Waals surface area (Å²) in [6.45, 7) is 2.07. The van der Waals surface area contributed by atoms with Gasteiger partial charge in [0.1, 0.15) is 5.82 Å². The highest BCUT2D eigenvalue weighted by molar-refractivity contribution is 7.10. The lowest BCUT2D eigenvalue weighted by atomic mass is 10.2. The van der Waals surface area contributed by atoms with Crippen LogP contribution in [0.2, 0.25) is 0 Å². The number of nitrogens with one attached hydrogen (secondary N) is 1. The summed E-state index contributed by atoms with van der Waals surface area (Å²) < 4.78 is 12.9. The van der Waals surface area contributed by atoms with E-state index in [0.717, 1.165) is 5.69 Å². The van der Waals surface area contributed by atoms with Crippen molar-refractivity contribution in [3.63, 3.8) is 0 Å². The van der Waals surface area contributed by atoms with E-state index in [0.29, 0.717) is 0 Å². The van der Waals surface area contributed by atoms with Crippen molar-refractivity contribution in [3.05, 3.63) is 52.5 Å². The van der Waals surface area contributed by atoms with E-state index in [1.165, 1.54) is 17.0 Å². The second-order valence-corrected chi connectivity index (χ2v) is 4.37. The molecule has 2 aromatic rings. The van der Waals surface area contributed by atoms with Gasteiger partial charge in [0.2, 0.25) is 0 Å². The Morgan fingerprint density at radius 1 is 1.27 bits per heavy atom. The second kappa shape index (κ2) is 4.45. The van der Waals surface area contributed by atoms with E-state index in [1.807, 2.05) is 17.5 Å². The molecule has 0 unspecified atom stereocenters. The van der Waals surface area contributed by atoms with Crippen LogP contribution >= 0.6 is 11.3 Å². The van der Waals surface area contributed by atoms with E-state index in [4.69, 9.17) is 0 Å². The molecule has 0 spiro atoms. The van der Waals surface area contributed by atoms with Gasteiger partial charge in [-0.25, -0.2) is 4.39 Å². The molecule has 1 nitrogen and oxygen atoms in total. The highest BCUT2D eigenvalue weighted by Gasteiger charge is 2.05. The summed E-state index contributed by atoms with van der Waals surface area (Å²) >= 11 is 1.70. The Bertz CT molecular complexity index is 425. The molecule has 0 radical (unpaired) electrons. The van der Waals surface area contributed by atoms with Crippen molar-refractivity contribution in [3.8, 4) is 0 Å². The van der Waals surface area contributed by atoms with Gasteiger partial charge in [0.05, 0.1) is 6.04 Å². The van der Waals surface area contributed by atoms with Crippen LogP contribution < -0.4 is 5.32 Å². The van der Waals surface area contributed by atoms with Crippen LogP contribution in [0.25, 0.3) is 0 Å². The van der Waals surface area contributed by atoms with Crippen LogP contribution in [0.5, 0.6) is 0 Å². The summed E-state index contributed by atoms with van der Waals surface area (Å²) in [6, 6.07) is 10.8. The van der Waals surface area contributed by atoms with Gasteiger partial charge in [-0.1, -0.05) is 12.1 Å². The van der Waals surface area contributed by atoms with Crippen LogP contribution in [0.1, 0.15) is 17.8 Å². The SMILES string of the molecule is C[C@@H](Nc1cccc(F)c1)c1cccs1. The molecule has 0 saturated heterocycles. The molecule has 3 heteroatoms. The first-order valence-electron chi connectivity index (χ1n) is 4.81. The van der Waals surface area contributed by atoms with Crippen molar-refractivity contribution in [2.24, 2.45) is 0 Å². The molecule has 1 aromatic carbocycles. The lowest BCUT2D eigenvalue weighted by Gasteiger charge is -2.13. The fraction of sp³-hybridized carbons (Fsp3) is 0.167.